The number of ketones is 3. The molecule has 5 rings (SSSR count). The van der Waals surface area contributed by atoms with Gasteiger partial charge in [-0.2, -0.15) is 4.58 Å². The van der Waals surface area contributed by atoms with Gasteiger partial charge in [0.1, 0.15) is 17.3 Å². The van der Waals surface area contributed by atoms with Crippen LogP contribution in [-0.4, -0.2) is 45.8 Å². The number of allylic oxidation sites excluding steroid dienone is 5. The fourth-order valence-corrected chi connectivity index (χ4v) is 6.21. The Bertz CT molecular complexity index is 1580. The number of rotatable bonds is 8. The molecule has 1 N–H and O–H groups in total. The molecule has 0 amide bonds. The maximum atomic E-state index is 13.6. The number of hydrogen-bond acceptors (Lipinski definition) is 5. The number of aliphatic hydroxyl groups excluding tert-OH is 1. The fraction of sp³-hybridized carbons (Fsp3) is 0.353. The van der Waals surface area contributed by atoms with Crippen LogP contribution in [0.15, 0.2) is 83.3 Å². The predicted octanol–water partition coefficient (Wildman–Crippen LogP) is 6.02. The molecular formula is C34H37N2O4+. The molecule has 2 heterocycles. The summed E-state index contributed by atoms with van der Waals surface area (Å²) in [5.41, 5.74) is 5.78. The van der Waals surface area contributed by atoms with Crippen molar-refractivity contribution < 1.29 is 24.1 Å². The van der Waals surface area contributed by atoms with Gasteiger partial charge in [-0.3, -0.25) is 14.4 Å². The normalized spacial score (nSPS) is 20.8. The highest BCUT2D eigenvalue weighted by molar-refractivity contribution is 6.24. The van der Waals surface area contributed by atoms with Crippen LogP contribution in [0.5, 0.6) is 0 Å². The highest BCUT2D eigenvalue weighted by atomic mass is 16.3. The lowest BCUT2D eigenvalue weighted by molar-refractivity contribution is -0.436. The summed E-state index contributed by atoms with van der Waals surface area (Å²) in [7, 11) is 0. The standard InChI is InChI=1S/C34H36N2O4/c1-21(37)15-17-35-27-13-9-7-11-25(27)33(3,4)29(35)19-23-31(39)24(32(23)40)20-30-34(5,6)26-12-8-10-14-28(26)36(30)18-16-22(2)38/h7-14,19-20H,15-18H2,1-6H3/p+1. The van der Waals surface area contributed by atoms with Crippen LogP contribution in [-0.2, 0) is 25.2 Å². The summed E-state index contributed by atoms with van der Waals surface area (Å²) >= 11 is 0. The number of aliphatic hydroxyl groups is 1. The molecule has 0 saturated heterocycles. The van der Waals surface area contributed by atoms with Crippen molar-refractivity contribution in [2.75, 3.05) is 18.0 Å². The van der Waals surface area contributed by atoms with Gasteiger partial charge in [0.25, 0.3) is 0 Å². The summed E-state index contributed by atoms with van der Waals surface area (Å²) in [6, 6.07) is 16.2. The second kappa shape index (κ2) is 9.84. The van der Waals surface area contributed by atoms with Crippen LogP contribution in [0.3, 0.4) is 0 Å². The van der Waals surface area contributed by atoms with E-state index < -0.39 is 10.8 Å². The Kier molecular flexibility index (Phi) is 6.77. The van der Waals surface area contributed by atoms with Gasteiger partial charge in [-0.15, -0.1) is 0 Å². The average molecular weight is 538 g/mol. The Labute approximate surface area is 236 Å². The molecule has 0 radical (unpaired) electrons. The molecule has 0 bridgehead atoms. The smallest absolute Gasteiger partial charge is 0.209 e. The minimum absolute atomic E-state index is 0.0263. The van der Waals surface area contributed by atoms with Crippen molar-refractivity contribution in [3.8, 4) is 0 Å². The molecule has 2 aromatic rings. The van der Waals surface area contributed by atoms with Crippen LogP contribution >= 0.6 is 0 Å². The molecule has 206 valence electrons. The lowest BCUT2D eigenvalue weighted by Gasteiger charge is -2.29. The number of anilines is 1. The van der Waals surface area contributed by atoms with Crippen molar-refractivity contribution in [1.29, 1.82) is 0 Å². The third kappa shape index (κ3) is 4.36. The zero-order valence-electron chi connectivity index (χ0n) is 24.2. The molecule has 3 aliphatic rings. The summed E-state index contributed by atoms with van der Waals surface area (Å²) in [6.07, 6.45) is 4.36. The molecular weight excluding hydrogens is 500 g/mol. The molecule has 0 aromatic heterocycles. The molecule has 6 nitrogen and oxygen atoms in total. The van der Waals surface area contributed by atoms with E-state index in [0.717, 1.165) is 33.9 Å². The van der Waals surface area contributed by atoms with Crippen molar-refractivity contribution in [2.45, 2.75) is 65.2 Å². The first-order chi connectivity index (χ1) is 18.9. The molecule has 0 unspecified atom stereocenters. The average Bonchev–Trinajstić information content (AvgIpc) is 3.26. The van der Waals surface area contributed by atoms with E-state index in [9.17, 15) is 19.5 Å². The van der Waals surface area contributed by atoms with Gasteiger partial charge in [0.05, 0.1) is 23.0 Å². The molecule has 2 aliphatic heterocycles. The van der Waals surface area contributed by atoms with Gasteiger partial charge >= 0.3 is 0 Å². The number of Topliss-reactive ketones (excluding diaryl/α,β-unsaturated/α-hetero) is 3. The molecule has 0 fully saturated rings. The maximum absolute atomic E-state index is 13.6. The van der Waals surface area contributed by atoms with Crippen LogP contribution in [0.2, 0.25) is 0 Å². The number of nitrogens with zero attached hydrogens (tertiary/aromatic N) is 2. The predicted molar refractivity (Wildman–Crippen MR) is 158 cm³/mol. The van der Waals surface area contributed by atoms with Crippen LogP contribution in [0, 0.1) is 0 Å². The van der Waals surface area contributed by atoms with Crippen LogP contribution in [0.25, 0.3) is 0 Å². The Morgan fingerprint density at radius 2 is 1.50 bits per heavy atom. The van der Waals surface area contributed by atoms with Crippen LogP contribution in [0.1, 0.15) is 65.5 Å². The number of para-hydroxylation sites is 2. The van der Waals surface area contributed by atoms with Crippen molar-refractivity contribution in [1.82, 2.24) is 0 Å². The zero-order chi connectivity index (χ0) is 29.0. The lowest BCUT2D eigenvalue weighted by Crippen LogP contribution is -2.32. The number of hydrogen-bond donors (Lipinski definition) is 1. The summed E-state index contributed by atoms with van der Waals surface area (Å²) in [6.45, 7) is 12.6. The number of carbonyl (C=O) groups excluding carboxylic acids is 3. The van der Waals surface area contributed by atoms with Gasteiger partial charge in [-0.1, -0.05) is 50.2 Å². The quantitative estimate of drug-likeness (QED) is 0.329. The van der Waals surface area contributed by atoms with Gasteiger partial charge in [0.2, 0.25) is 11.5 Å². The second-order valence-electron chi connectivity index (χ2n) is 12.1. The van der Waals surface area contributed by atoms with Gasteiger partial charge in [0, 0.05) is 47.5 Å². The van der Waals surface area contributed by atoms with Crippen molar-refractivity contribution in [3.63, 3.8) is 0 Å². The van der Waals surface area contributed by atoms with Gasteiger partial charge < -0.3 is 10.0 Å². The number of fused-ring (bicyclic) bond motifs is 2. The van der Waals surface area contributed by atoms with Crippen molar-refractivity contribution in [3.05, 3.63) is 94.4 Å². The monoisotopic (exact) mass is 537 g/mol. The van der Waals surface area contributed by atoms with Crippen molar-refractivity contribution >= 4 is 34.4 Å². The van der Waals surface area contributed by atoms with E-state index in [1.807, 2.05) is 36.4 Å². The molecule has 6 heteroatoms. The van der Waals surface area contributed by atoms with E-state index in [0.29, 0.717) is 25.9 Å². The summed E-state index contributed by atoms with van der Waals surface area (Å²) in [5.74, 6) is -0.0456. The largest absolute Gasteiger partial charge is 0.506 e. The van der Waals surface area contributed by atoms with Gasteiger partial charge in [-0.05, 0) is 45.4 Å². The minimum atomic E-state index is -0.409. The van der Waals surface area contributed by atoms with E-state index in [4.69, 9.17) is 0 Å². The van der Waals surface area contributed by atoms with E-state index in [2.05, 4.69) is 49.3 Å². The topological polar surface area (TPSA) is 77.7 Å². The summed E-state index contributed by atoms with van der Waals surface area (Å²) in [5, 5.41) is 11.2. The molecule has 2 aromatic carbocycles. The van der Waals surface area contributed by atoms with Gasteiger partial charge in [0.15, 0.2) is 12.3 Å². The second-order valence-corrected chi connectivity index (χ2v) is 12.1. The Morgan fingerprint density at radius 3 is 2.15 bits per heavy atom. The highest BCUT2D eigenvalue weighted by Gasteiger charge is 2.47. The van der Waals surface area contributed by atoms with E-state index in [1.54, 1.807) is 26.0 Å². The highest BCUT2D eigenvalue weighted by Crippen LogP contribution is 2.49. The zero-order valence-corrected chi connectivity index (χ0v) is 24.2. The number of benzene rings is 2. The number of carbonyl (C=O) groups is 3. The third-order valence-electron chi connectivity index (χ3n) is 8.54. The molecule has 40 heavy (non-hydrogen) atoms. The third-order valence-corrected chi connectivity index (χ3v) is 8.54. The molecule has 0 saturated carbocycles. The fourth-order valence-electron chi connectivity index (χ4n) is 6.21. The first-order valence-corrected chi connectivity index (χ1v) is 13.9. The van der Waals surface area contributed by atoms with E-state index in [1.165, 1.54) is 0 Å². The first-order valence-electron chi connectivity index (χ1n) is 13.9. The summed E-state index contributed by atoms with van der Waals surface area (Å²) in [4.78, 5) is 39.4. The first kappa shape index (κ1) is 27.5. The Morgan fingerprint density at radius 1 is 0.875 bits per heavy atom. The molecule has 0 spiro atoms. The minimum Gasteiger partial charge on any atom is -0.506 e. The lowest BCUT2D eigenvalue weighted by atomic mass is 9.77. The molecule has 1 aliphatic carbocycles. The Balaban J connectivity index is 1.57. The molecule has 0 atom stereocenters. The van der Waals surface area contributed by atoms with E-state index >= 15 is 0 Å². The van der Waals surface area contributed by atoms with Crippen LogP contribution in [0.4, 0.5) is 11.4 Å². The SMILES string of the molecule is CC(=O)CCN1/C(=C/C2=C(O)C(=C\C3=[N+](CCC(C)=O)c4ccccc4C3(C)C)/C2=O)C(C)(C)c2ccccc21. The van der Waals surface area contributed by atoms with Gasteiger partial charge in [-0.25, -0.2) is 0 Å². The van der Waals surface area contributed by atoms with E-state index in [-0.39, 0.29) is 34.3 Å². The Hall–Kier alpha value is -4.06. The maximum Gasteiger partial charge on any atom is 0.209 e. The summed E-state index contributed by atoms with van der Waals surface area (Å²) < 4.78 is 2.10. The van der Waals surface area contributed by atoms with Crippen molar-refractivity contribution in [2.24, 2.45) is 0 Å². The van der Waals surface area contributed by atoms with Crippen LogP contribution < -0.4 is 4.90 Å².